The van der Waals surface area contributed by atoms with Gasteiger partial charge in [0.15, 0.2) is 0 Å². The molecule has 5 heteroatoms. The number of aliphatic hydroxyl groups is 1. The van der Waals surface area contributed by atoms with Gasteiger partial charge in [0.2, 0.25) is 5.56 Å². The Labute approximate surface area is 145 Å². The zero-order valence-electron chi connectivity index (χ0n) is 13.8. The molecule has 0 saturated heterocycles. The fourth-order valence-corrected chi connectivity index (χ4v) is 2.90. The number of benzene rings is 2. The lowest BCUT2D eigenvalue weighted by Crippen LogP contribution is -2.36. The second-order valence-corrected chi connectivity index (χ2v) is 5.84. The third kappa shape index (κ3) is 3.95. The first kappa shape index (κ1) is 16.9. The lowest BCUT2D eigenvalue weighted by atomic mass is 10.1. The van der Waals surface area contributed by atoms with E-state index in [1.54, 1.807) is 11.0 Å². The molecule has 1 aromatic heterocycles. The van der Waals surface area contributed by atoms with Crippen LogP contribution in [0, 0.1) is 0 Å². The van der Waals surface area contributed by atoms with Crippen LogP contribution in [0.4, 0.5) is 0 Å². The minimum atomic E-state index is -0.311. The highest BCUT2D eigenvalue weighted by Crippen LogP contribution is 2.17. The summed E-state index contributed by atoms with van der Waals surface area (Å²) in [5, 5.41) is 10.0. The van der Waals surface area contributed by atoms with Crippen molar-refractivity contribution in [3.8, 4) is 0 Å². The summed E-state index contributed by atoms with van der Waals surface area (Å²) in [4.78, 5) is 29.2. The van der Waals surface area contributed by atoms with Crippen LogP contribution >= 0.6 is 0 Å². The highest BCUT2D eigenvalue weighted by Gasteiger charge is 2.18. The molecule has 0 bridgehead atoms. The maximum atomic E-state index is 13.0. The van der Waals surface area contributed by atoms with Crippen molar-refractivity contribution in [2.45, 2.75) is 6.42 Å². The first-order chi connectivity index (χ1) is 12.2. The highest BCUT2D eigenvalue weighted by molar-refractivity contribution is 6.05. The predicted octanol–water partition coefficient (Wildman–Crippen LogP) is 2.21. The minimum Gasteiger partial charge on any atom is -0.395 e. The van der Waals surface area contributed by atoms with E-state index in [9.17, 15) is 14.7 Å². The number of aliphatic hydroxyl groups excluding tert-OH is 1. The molecule has 0 atom stereocenters. The van der Waals surface area contributed by atoms with Crippen LogP contribution in [0.2, 0.25) is 0 Å². The zero-order valence-corrected chi connectivity index (χ0v) is 13.8. The van der Waals surface area contributed by atoms with Gasteiger partial charge in [-0.15, -0.1) is 0 Å². The van der Waals surface area contributed by atoms with E-state index in [0.29, 0.717) is 29.4 Å². The topological polar surface area (TPSA) is 73.4 Å². The second kappa shape index (κ2) is 7.77. The number of nitrogens with one attached hydrogen (secondary N) is 1. The van der Waals surface area contributed by atoms with Gasteiger partial charge in [0.25, 0.3) is 5.91 Å². The van der Waals surface area contributed by atoms with Crippen LogP contribution in [0.5, 0.6) is 0 Å². The summed E-state index contributed by atoms with van der Waals surface area (Å²) in [6.07, 6.45) is 0.688. The van der Waals surface area contributed by atoms with Crippen LogP contribution in [0.3, 0.4) is 0 Å². The number of carbonyl (C=O) groups is 1. The van der Waals surface area contributed by atoms with E-state index < -0.39 is 0 Å². The van der Waals surface area contributed by atoms with Crippen LogP contribution in [-0.2, 0) is 6.42 Å². The predicted molar refractivity (Wildman–Crippen MR) is 97.7 cm³/mol. The number of hydrogen-bond donors (Lipinski definition) is 2. The fourth-order valence-electron chi connectivity index (χ4n) is 2.90. The Morgan fingerprint density at radius 1 is 1.00 bits per heavy atom. The van der Waals surface area contributed by atoms with Gasteiger partial charge < -0.3 is 15.0 Å². The first-order valence-corrected chi connectivity index (χ1v) is 8.25. The quantitative estimate of drug-likeness (QED) is 0.725. The average molecular weight is 336 g/mol. The number of carbonyl (C=O) groups excluding carboxylic acids is 1. The molecule has 0 fully saturated rings. The van der Waals surface area contributed by atoms with Crippen molar-refractivity contribution in [2.75, 3.05) is 19.7 Å². The molecule has 3 aromatic rings. The summed E-state index contributed by atoms with van der Waals surface area (Å²) < 4.78 is 0. The zero-order chi connectivity index (χ0) is 17.6. The Kier molecular flexibility index (Phi) is 5.26. The number of nitrogens with zero attached hydrogens (tertiary/aromatic N) is 1. The molecule has 1 amide bonds. The molecule has 3 rings (SSSR count). The molecule has 0 aliphatic heterocycles. The lowest BCUT2D eigenvalue weighted by Gasteiger charge is -2.22. The van der Waals surface area contributed by atoms with Crippen molar-refractivity contribution in [3.63, 3.8) is 0 Å². The molecule has 0 radical (unpaired) electrons. The summed E-state index contributed by atoms with van der Waals surface area (Å²) in [5.74, 6) is -0.243. The Morgan fingerprint density at radius 2 is 1.72 bits per heavy atom. The molecule has 0 saturated carbocycles. The number of rotatable bonds is 6. The number of H-pyrrole nitrogens is 1. The molecular weight excluding hydrogens is 316 g/mol. The van der Waals surface area contributed by atoms with E-state index in [1.807, 2.05) is 48.5 Å². The van der Waals surface area contributed by atoms with Crippen molar-refractivity contribution in [2.24, 2.45) is 0 Å². The van der Waals surface area contributed by atoms with E-state index >= 15 is 0 Å². The smallest absolute Gasteiger partial charge is 0.254 e. The normalized spacial score (nSPS) is 10.8. The highest BCUT2D eigenvalue weighted by atomic mass is 16.3. The number of fused-ring (bicyclic) bond motifs is 1. The molecule has 0 aliphatic carbocycles. The van der Waals surface area contributed by atoms with Crippen molar-refractivity contribution in [1.82, 2.24) is 9.88 Å². The summed E-state index contributed by atoms with van der Waals surface area (Å²) in [5.41, 5.74) is 1.80. The van der Waals surface area contributed by atoms with Crippen LogP contribution in [0.25, 0.3) is 10.9 Å². The van der Waals surface area contributed by atoms with E-state index in [-0.39, 0.29) is 24.6 Å². The number of para-hydroxylation sites is 1. The van der Waals surface area contributed by atoms with Crippen molar-refractivity contribution in [1.29, 1.82) is 0 Å². The van der Waals surface area contributed by atoms with Gasteiger partial charge in [0, 0.05) is 30.1 Å². The van der Waals surface area contributed by atoms with Crippen molar-refractivity contribution in [3.05, 3.63) is 82.1 Å². The fraction of sp³-hybridized carbons (Fsp3) is 0.200. The average Bonchev–Trinajstić information content (AvgIpc) is 2.64. The molecular formula is C20H20N2O3. The number of pyridine rings is 1. The molecule has 0 unspecified atom stereocenters. The third-order valence-corrected chi connectivity index (χ3v) is 4.15. The Bertz CT molecular complexity index is 919. The Morgan fingerprint density at radius 3 is 2.48 bits per heavy atom. The van der Waals surface area contributed by atoms with Gasteiger partial charge in [-0.3, -0.25) is 9.59 Å². The summed E-state index contributed by atoms with van der Waals surface area (Å²) in [7, 11) is 0. The van der Waals surface area contributed by atoms with Gasteiger partial charge in [-0.1, -0.05) is 48.5 Å². The van der Waals surface area contributed by atoms with E-state index in [2.05, 4.69) is 4.98 Å². The van der Waals surface area contributed by atoms with Gasteiger partial charge in [-0.05, 0) is 18.1 Å². The summed E-state index contributed by atoms with van der Waals surface area (Å²) in [6.45, 7) is 0.582. The molecule has 5 nitrogen and oxygen atoms in total. The van der Waals surface area contributed by atoms with Gasteiger partial charge in [-0.25, -0.2) is 0 Å². The first-order valence-electron chi connectivity index (χ1n) is 8.25. The third-order valence-electron chi connectivity index (χ3n) is 4.15. The number of hydrogen-bond acceptors (Lipinski definition) is 3. The van der Waals surface area contributed by atoms with Crippen molar-refractivity contribution < 1.29 is 9.90 Å². The summed E-state index contributed by atoms with van der Waals surface area (Å²) >= 11 is 0. The number of aromatic amines is 1. The van der Waals surface area contributed by atoms with E-state index in [4.69, 9.17) is 0 Å². The molecule has 25 heavy (non-hydrogen) atoms. The minimum absolute atomic E-state index is 0.123. The molecule has 2 aromatic carbocycles. The maximum absolute atomic E-state index is 13.0. The maximum Gasteiger partial charge on any atom is 0.254 e. The molecule has 1 heterocycles. The molecule has 0 spiro atoms. The summed E-state index contributed by atoms with van der Waals surface area (Å²) in [6, 6.07) is 18.4. The van der Waals surface area contributed by atoms with Gasteiger partial charge in [0.05, 0.1) is 12.2 Å². The second-order valence-electron chi connectivity index (χ2n) is 5.84. The SMILES string of the molecule is O=C(c1cc(=O)[nH]c2ccccc12)N(CCO)CCc1ccccc1. The van der Waals surface area contributed by atoms with Crippen LogP contribution < -0.4 is 5.56 Å². The van der Waals surface area contributed by atoms with Gasteiger partial charge in [0.1, 0.15) is 0 Å². The Balaban J connectivity index is 1.89. The molecule has 2 N–H and O–H groups in total. The van der Waals surface area contributed by atoms with Crippen LogP contribution in [0.15, 0.2) is 65.5 Å². The molecule has 128 valence electrons. The van der Waals surface area contributed by atoms with Crippen molar-refractivity contribution >= 4 is 16.8 Å². The monoisotopic (exact) mass is 336 g/mol. The van der Waals surface area contributed by atoms with Crippen LogP contribution in [-0.4, -0.2) is 40.6 Å². The molecule has 0 aliphatic rings. The largest absolute Gasteiger partial charge is 0.395 e. The Hall–Kier alpha value is -2.92. The lowest BCUT2D eigenvalue weighted by molar-refractivity contribution is 0.0725. The number of amides is 1. The van der Waals surface area contributed by atoms with E-state index in [0.717, 1.165) is 5.56 Å². The number of aromatic nitrogens is 1. The van der Waals surface area contributed by atoms with Gasteiger partial charge >= 0.3 is 0 Å². The van der Waals surface area contributed by atoms with Crippen LogP contribution in [0.1, 0.15) is 15.9 Å². The van der Waals surface area contributed by atoms with Gasteiger partial charge in [-0.2, -0.15) is 0 Å². The van der Waals surface area contributed by atoms with E-state index in [1.165, 1.54) is 6.07 Å². The standard InChI is InChI=1S/C20H20N2O3/c23-13-12-22(11-10-15-6-2-1-3-7-15)20(25)17-14-19(24)21-18-9-5-4-8-16(17)18/h1-9,14,23H,10-13H2,(H,21,24).